The van der Waals surface area contributed by atoms with E-state index in [9.17, 15) is 31.9 Å². The number of aliphatic hydroxyl groups is 2. The van der Waals surface area contributed by atoms with Crippen LogP contribution in [0.15, 0.2) is 30.5 Å². The van der Waals surface area contributed by atoms with E-state index in [0.29, 0.717) is 17.8 Å². The highest BCUT2D eigenvalue weighted by molar-refractivity contribution is 5.70. The molecule has 3 rings (SSSR count). The molecule has 0 saturated carbocycles. The number of hydrogen-bond donors (Lipinski definition) is 3. The van der Waals surface area contributed by atoms with Gasteiger partial charge in [-0.25, -0.2) is 4.39 Å². The molecule has 0 radical (unpaired) electrons. The zero-order valence-corrected chi connectivity index (χ0v) is 17.6. The lowest BCUT2D eigenvalue weighted by Gasteiger charge is -2.15. The number of methoxy groups -OCH3 is 1. The van der Waals surface area contributed by atoms with Gasteiger partial charge in [-0.05, 0) is 31.5 Å². The minimum atomic E-state index is -4.46. The van der Waals surface area contributed by atoms with Crippen molar-refractivity contribution in [3.05, 3.63) is 53.4 Å². The highest BCUT2D eigenvalue weighted by Crippen LogP contribution is 2.41. The Bertz CT molecular complexity index is 942. The number of alkyl halides is 3. The van der Waals surface area contributed by atoms with Crippen molar-refractivity contribution >= 4 is 12.1 Å². The lowest BCUT2D eigenvalue weighted by molar-refractivity contribution is -0.206. The Kier molecular flexibility index (Phi) is 9.08. The van der Waals surface area contributed by atoms with Gasteiger partial charge in [0.2, 0.25) is 12.2 Å². The third kappa shape index (κ3) is 6.83. The zero-order valence-electron chi connectivity index (χ0n) is 17.6. The molecule has 12 heteroatoms. The number of benzene rings is 1. The second-order valence-electron chi connectivity index (χ2n) is 7.20. The standard InChI is InChI=1S/C12H11F5O2.C9H12N2O3/c1-18-11-7(2-3-8(13)10(11)14)6-4-9(19-5-6)12(15,16)17;1-6(13)9(14)8-4-7(11-5-12)2-3-10-8/h2-3,6,9H,4-5H2,1H3;2-6,9,13-14H,1H3,(H,10,11,12). The number of pyridine rings is 1. The number of carbonyl (C=O) groups is 1. The molecule has 0 bridgehead atoms. The SMILES string of the molecule is CC(O)C(O)c1cc(NC=O)ccn1.COc1c(C2COC(C(F)(F)F)C2)ccc(F)c1F. The van der Waals surface area contributed by atoms with Crippen molar-refractivity contribution in [2.24, 2.45) is 0 Å². The molecule has 1 aromatic heterocycles. The molecule has 0 spiro atoms. The number of halogens is 5. The highest BCUT2D eigenvalue weighted by atomic mass is 19.4. The molecule has 33 heavy (non-hydrogen) atoms. The molecule has 182 valence electrons. The minimum absolute atomic E-state index is 0.188. The highest BCUT2D eigenvalue weighted by Gasteiger charge is 2.46. The van der Waals surface area contributed by atoms with Crippen LogP contribution in [0.25, 0.3) is 0 Å². The van der Waals surface area contributed by atoms with E-state index in [1.807, 2.05) is 0 Å². The maximum Gasteiger partial charge on any atom is 0.414 e. The Hall–Kier alpha value is -2.83. The van der Waals surface area contributed by atoms with Crippen LogP contribution >= 0.6 is 0 Å². The van der Waals surface area contributed by atoms with Gasteiger partial charge in [0.1, 0.15) is 6.10 Å². The van der Waals surface area contributed by atoms with E-state index in [2.05, 4.69) is 15.0 Å². The average Bonchev–Trinajstić information content (AvgIpc) is 3.26. The van der Waals surface area contributed by atoms with Crippen molar-refractivity contribution in [1.82, 2.24) is 4.98 Å². The molecule has 2 heterocycles. The third-order valence-electron chi connectivity index (χ3n) is 4.85. The van der Waals surface area contributed by atoms with E-state index < -0.39 is 42.0 Å². The molecular weight excluding hydrogens is 455 g/mol. The molecule has 4 atom stereocenters. The van der Waals surface area contributed by atoms with Crippen LogP contribution in [0.5, 0.6) is 5.75 Å². The van der Waals surface area contributed by atoms with Gasteiger partial charge in [0.05, 0.1) is 25.5 Å². The summed E-state index contributed by atoms with van der Waals surface area (Å²) in [5.74, 6) is -3.34. The van der Waals surface area contributed by atoms with E-state index >= 15 is 0 Å². The molecule has 1 aliphatic rings. The average molecular weight is 478 g/mol. The van der Waals surface area contributed by atoms with Gasteiger partial charge in [-0.15, -0.1) is 0 Å². The largest absolute Gasteiger partial charge is 0.493 e. The maximum atomic E-state index is 13.5. The molecule has 7 nitrogen and oxygen atoms in total. The number of ether oxygens (including phenoxy) is 2. The summed E-state index contributed by atoms with van der Waals surface area (Å²) in [5.41, 5.74) is 1.05. The summed E-state index contributed by atoms with van der Waals surface area (Å²) in [6.07, 6.45) is -6.61. The fourth-order valence-corrected chi connectivity index (χ4v) is 3.16. The van der Waals surface area contributed by atoms with Crippen molar-refractivity contribution in [2.75, 3.05) is 19.0 Å². The first-order chi connectivity index (χ1) is 15.5. The van der Waals surface area contributed by atoms with E-state index in [1.165, 1.54) is 25.3 Å². The number of hydrogen-bond acceptors (Lipinski definition) is 6. The zero-order chi connectivity index (χ0) is 24.8. The predicted molar refractivity (Wildman–Crippen MR) is 107 cm³/mol. The molecule has 0 aliphatic carbocycles. The number of anilines is 1. The molecule has 1 saturated heterocycles. The van der Waals surface area contributed by atoms with Gasteiger partial charge in [0, 0.05) is 23.4 Å². The summed E-state index contributed by atoms with van der Waals surface area (Å²) < 4.78 is 73.4. The van der Waals surface area contributed by atoms with E-state index in [-0.39, 0.29) is 24.3 Å². The molecule has 3 N–H and O–H groups in total. The Morgan fingerprint density at radius 2 is 1.97 bits per heavy atom. The molecule has 2 aromatic rings. The smallest absolute Gasteiger partial charge is 0.414 e. The summed E-state index contributed by atoms with van der Waals surface area (Å²) in [6, 6.07) is 5.19. The van der Waals surface area contributed by atoms with E-state index in [0.717, 1.165) is 13.2 Å². The van der Waals surface area contributed by atoms with Gasteiger partial charge in [-0.3, -0.25) is 9.78 Å². The van der Waals surface area contributed by atoms with Crippen LogP contribution in [-0.4, -0.2) is 53.7 Å². The number of aromatic nitrogens is 1. The summed E-state index contributed by atoms with van der Waals surface area (Å²) in [7, 11) is 1.14. The summed E-state index contributed by atoms with van der Waals surface area (Å²) >= 11 is 0. The first-order valence-electron chi connectivity index (χ1n) is 9.72. The Labute approximate surface area is 186 Å². The van der Waals surface area contributed by atoms with Crippen molar-refractivity contribution < 1.29 is 46.4 Å². The van der Waals surface area contributed by atoms with Crippen LogP contribution in [0, 0.1) is 11.6 Å². The molecule has 1 aromatic carbocycles. The number of aliphatic hydroxyl groups excluding tert-OH is 2. The van der Waals surface area contributed by atoms with Gasteiger partial charge >= 0.3 is 6.18 Å². The van der Waals surface area contributed by atoms with E-state index in [4.69, 9.17) is 9.84 Å². The second-order valence-corrected chi connectivity index (χ2v) is 7.20. The molecule has 1 fully saturated rings. The normalized spacial score (nSPS) is 19.8. The van der Waals surface area contributed by atoms with Gasteiger partial charge in [0.15, 0.2) is 17.7 Å². The predicted octanol–water partition coefficient (Wildman–Crippen LogP) is 3.47. The summed E-state index contributed by atoms with van der Waals surface area (Å²) in [4.78, 5) is 14.0. The van der Waals surface area contributed by atoms with Gasteiger partial charge in [0.25, 0.3) is 0 Å². The fourth-order valence-electron chi connectivity index (χ4n) is 3.16. The van der Waals surface area contributed by atoms with Crippen LogP contribution in [0.4, 0.5) is 27.6 Å². The number of nitrogens with zero attached hydrogens (tertiary/aromatic N) is 1. The monoisotopic (exact) mass is 478 g/mol. The molecule has 4 unspecified atom stereocenters. The van der Waals surface area contributed by atoms with Crippen molar-refractivity contribution in [3.8, 4) is 5.75 Å². The Morgan fingerprint density at radius 3 is 2.52 bits per heavy atom. The first kappa shape index (κ1) is 26.4. The first-order valence-corrected chi connectivity index (χ1v) is 9.72. The third-order valence-corrected chi connectivity index (χ3v) is 4.85. The Balaban J connectivity index is 0.000000245. The van der Waals surface area contributed by atoms with Crippen LogP contribution < -0.4 is 10.1 Å². The van der Waals surface area contributed by atoms with Crippen LogP contribution in [0.1, 0.15) is 36.6 Å². The number of nitrogens with one attached hydrogen (secondary N) is 1. The maximum absolute atomic E-state index is 13.5. The van der Waals surface area contributed by atoms with Gasteiger partial charge in [-0.1, -0.05) is 6.07 Å². The minimum Gasteiger partial charge on any atom is -0.493 e. The van der Waals surface area contributed by atoms with E-state index in [1.54, 1.807) is 6.07 Å². The number of carbonyl (C=O) groups excluding carboxylic acids is 1. The van der Waals surface area contributed by atoms with Crippen LogP contribution in [0.2, 0.25) is 0 Å². The van der Waals surface area contributed by atoms with Crippen LogP contribution in [0.3, 0.4) is 0 Å². The molecule has 1 amide bonds. The van der Waals surface area contributed by atoms with Crippen molar-refractivity contribution in [1.29, 1.82) is 0 Å². The lowest BCUT2D eigenvalue weighted by Crippen LogP contribution is -2.27. The van der Waals surface area contributed by atoms with Gasteiger partial charge in [-0.2, -0.15) is 17.6 Å². The topological polar surface area (TPSA) is 101 Å². The van der Waals surface area contributed by atoms with Gasteiger partial charge < -0.3 is 25.0 Å². The summed E-state index contributed by atoms with van der Waals surface area (Å²) in [6.45, 7) is 1.26. The quantitative estimate of drug-likeness (QED) is 0.434. The van der Waals surface area contributed by atoms with Crippen molar-refractivity contribution in [3.63, 3.8) is 0 Å². The van der Waals surface area contributed by atoms with Crippen molar-refractivity contribution in [2.45, 2.75) is 43.8 Å². The fraction of sp³-hybridized carbons (Fsp3) is 0.429. The molecular formula is C21H23F5N2O5. The lowest BCUT2D eigenvalue weighted by atomic mass is 9.95. The number of amides is 1. The summed E-state index contributed by atoms with van der Waals surface area (Å²) in [5, 5.41) is 21.0. The molecule has 1 aliphatic heterocycles. The van der Waals surface area contributed by atoms with Crippen LogP contribution in [-0.2, 0) is 9.53 Å². The second kappa shape index (κ2) is 11.3. The number of rotatable bonds is 6. The Morgan fingerprint density at radius 1 is 1.27 bits per heavy atom.